The van der Waals surface area contributed by atoms with Crippen molar-refractivity contribution < 1.29 is 19.4 Å². The van der Waals surface area contributed by atoms with Gasteiger partial charge in [0.15, 0.2) is 16.5 Å². The van der Waals surface area contributed by atoms with Crippen LogP contribution in [0.25, 0.3) is 16.2 Å². The van der Waals surface area contributed by atoms with Crippen LogP contribution in [0.4, 0.5) is 0 Å². The van der Waals surface area contributed by atoms with Crippen LogP contribution < -0.4 is 9.47 Å². The van der Waals surface area contributed by atoms with Crippen LogP contribution in [-0.4, -0.2) is 34.7 Å². The smallest absolute Gasteiger partial charge is 0.347 e. The van der Waals surface area contributed by atoms with Crippen LogP contribution in [0, 0.1) is 0 Å². The molecule has 0 radical (unpaired) electrons. The van der Waals surface area contributed by atoms with E-state index in [0.717, 1.165) is 29.1 Å². The highest BCUT2D eigenvalue weighted by Gasteiger charge is 2.23. The molecule has 0 atom stereocenters. The predicted octanol–water partition coefficient (Wildman–Crippen LogP) is 3.90. The van der Waals surface area contributed by atoms with E-state index in [1.165, 1.54) is 11.3 Å². The first kappa shape index (κ1) is 17.3. The largest absolute Gasteiger partial charge is 0.493 e. The van der Waals surface area contributed by atoms with Crippen molar-refractivity contribution in [3.05, 3.63) is 34.5 Å². The molecule has 2 aromatic heterocycles. The molecule has 0 unspecified atom stereocenters. The summed E-state index contributed by atoms with van der Waals surface area (Å²) < 4.78 is 12.7. The number of thiazole rings is 1. The number of imidazole rings is 1. The molecule has 1 aromatic carbocycles. The highest BCUT2D eigenvalue weighted by Crippen LogP contribution is 2.36. The van der Waals surface area contributed by atoms with Gasteiger partial charge in [0.05, 0.1) is 25.6 Å². The lowest BCUT2D eigenvalue weighted by Crippen LogP contribution is -2.03. The zero-order valence-corrected chi connectivity index (χ0v) is 15.4. The number of aryl methyl sites for hydroxylation is 2. The van der Waals surface area contributed by atoms with Crippen LogP contribution in [0.15, 0.2) is 18.2 Å². The number of benzene rings is 1. The molecule has 0 bridgehead atoms. The molecule has 6 nitrogen and oxygen atoms in total. The van der Waals surface area contributed by atoms with E-state index in [9.17, 15) is 9.90 Å². The summed E-state index contributed by atoms with van der Waals surface area (Å²) in [5, 5.41) is 9.43. The van der Waals surface area contributed by atoms with Crippen LogP contribution in [0.5, 0.6) is 11.5 Å². The van der Waals surface area contributed by atoms with Crippen molar-refractivity contribution in [2.24, 2.45) is 0 Å². The van der Waals surface area contributed by atoms with Crippen LogP contribution in [0.3, 0.4) is 0 Å². The van der Waals surface area contributed by atoms with Gasteiger partial charge in [-0.3, -0.25) is 4.40 Å². The number of hydrogen-bond acceptors (Lipinski definition) is 5. The third kappa shape index (κ3) is 2.74. The van der Waals surface area contributed by atoms with E-state index in [-0.39, 0.29) is 0 Å². The molecule has 3 rings (SSSR count). The van der Waals surface area contributed by atoms with Crippen molar-refractivity contribution in [1.82, 2.24) is 9.38 Å². The molecule has 3 aromatic rings. The normalized spacial score (nSPS) is 11.0. The standard InChI is InChI=1S/C18H20N2O4S/c1-5-11-15(10-7-8-13(23-3)14(9-10)24-4)19-18-20(11)12(6-2)16(25-18)17(21)22/h7-9H,5-6H2,1-4H3,(H,21,22). The van der Waals surface area contributed by atoms with Crippen LogP contribution >= 0.6 is 11.3 Å². The fraction of sp³-hybridized carbons (Fsp3) is 0.333. The molecule has 25 heavy (non-hydrogen) atoms. The van der Waals surface area contributed by atoms with E-state index >= 15 is 0 Å². The topological polar surface area (TPSA) is 73.1 Å². The molecule has 0 fully saturated rings. The minimum absolute atomic E-state index is 0.360. The van der Waals surface area contributed by atoms with Gasteiger partial charge in [-0.15, -0.1) is 0 Å². The molecule has 0 spiro atoms. The van der Waals surface area contributed by atoms with E-state index in [4.69, 9.17) is 14.5 Å². The number of fused-ring (bicyclic) bond motifs is 1. The zero-order valence-electron chi connectivity index (χ0n) is 14.6. The van der Waals surface area contributed by atoms with Gasteiger partial charge < -0.3 is 14.6 Å². The maximum absolute atomic E-state index is 11.5. The number of hydrogen-bond donors (Lipinski definition) is 1. The first-order valence-corrected chi connectivity index (χ1v) is 8.85. The Morgan fingerprint density at radius 3 is 2.40 bits per heavy atom. The minimum Gasteiger partial charge on any atom is -0.493 e. The third-order valence-corrected chi connectivity index (χ3v) is 5.26. The number of rotatable bonds is 6. The van der Waals surface area contributed by atoms with Crippen molar-refractivity contribution in [2.45, 2.75) is 26.7 Å². The number of carbonyl (C=O) groups is 1. The Balaban J connectivity index is 2.24. The minimum atomic E-state index is -0.901. The fourth-order valence-corrected chi connectivity index (χ4v) is 4.13. The summed E-state index contributed by atoms with van der Waals surface area (Å²) in [6.07, 6.45) is 1.38. The molecular weight excluding hydrogens is 340 g/mol. The number of aromatic carboxylic acids is 1. The fourth-order valence-electron chi connectivity index (χ4n) is 3.06. The second-order valence-corrected chi connectivity index (χ2v) is 6.46. The maximum atomic E-state index is 11.5. The van der Waals surface area contributed by atoms with Gasteiger partial charge in [0.25, 0.3) is 0 Å². The van der Waals surface area contributed by atoms with Gasteiger partial charge in [-0.25, -0.2) is 9.78 Å². The summed E-state index contributed by atoms with van der Waals surface area (Å²) in [5.74, 6) is 0.398. The van der Waals surface area contributed by atoms with Crippen molar-refractivity contribution in [2.75, 3.05) is 14.2 Å². The maximum Gasteiger partial charge on any atom is 0.347 e. The van der Waals surface area contributed by atoms with Crippen LogP contribution in [0.1, 0.15) is 34.9 Å². The van der Waals surface area contributed by atoms with Gasteiger partial charge in [0.1, 0.15) is 4.88 Å². The zero-order chi connectivity index (χ0) is 18.1. The van der Waals surface area contributed by atoms with E-state index in [1.54, 1.807) is 14.2 Å². The first-order valence-electron chi connectivity index (χ1n) is 8.04. The molecule has 0 aliphatic heterocycles. The van der Waals surface area contributed by atoms with Gasteiger partial charge in [-0.1, -0.05) is 25.2 Å². The third-order valence-electron chi connectivity index (χ3n) is 4.19. The summed E-state index contributed by atoms with van der Waals surface area (Å²) in [4.78, 5) is 17.3. The summed E-state index contributed by atoms with van der Waals surface area (Å²) in [6, 6.07) is 5.69. The predicted molar refractivity (Wildman–Crippen MR) is 97.3 cm³/mol. The van der Waals surface area contributed by atoms with Gasteiger partial charge in [0.2, 0.25) is 0 Å². The molecule has 0 aliphatic rings. The summed E-state index contributed by atoms with van der Waals surface area (Å²) in [5.41, 5.74) is 3.57. The molecule has 1 N–H and O–H groups in total. The molecule has 0 saturated heterocycles. The van der Waals surface area contributed by atoms with Crippen molar-refractivity contribution in [3.63, 3.8) is 0 Å². The van der Waals surface area contributed by atoms with Gasteiger partial charge >= 0.3 is 5.97 Å². The molecule has 2 heterocycles. The summed E-state index contributed by atoms with van der Waals surface area (Å²) >= 11 is 1.22. The Morgan fingerprint density at radius 1 is 1.16 bits per heavy atom. The number of ether oxygens (including phenoxy) is 2. The number of aromatic nitrogens is 2. The lowest BCUT2D eigenvalue weighted by molar-refractivity contribution is 0.0700. The number of methoxy groups -OCH3 is 2. The van der Waals surface area contributed by atoms with Gasteiger partial charge in [-0.2, -0.15) is 0 Å². The van der Waals surface area contributed by atoms with Crippen molar-refractivity contribution in [1.29, 1.82) is 0 Å². The van der Waals surface area contributed by atoms with E-state index in [1.807, 2.05) is 36.4 Å². The average Bonchev–Trinajstić information content (AvgIpc) is 3.16. The monoisotopic (exact) mass is 360 g/mol. The summed E-state index contributed by atoms with van der Waals surface area (Å²) in [7, 11) is 3.20. The highest BCUT2D eigenvalue weighted by atomic mass is 32.1. The second-order valence-electron chi connectivity index (χ2n) is 5.48. The molecule has 0 amide bonds. The molecule has 0 aliphatic carbocycles. The van der Waals surface area contributed by atoms with E-state index in [0.29, 0.717) is 27.8 Å². The number of carboxylic acid groups (broad SMARTS) is 1. The quantitative estimate of drug-likeness (QED) is 0.722. The van der Waals surface area contributed by atoms with Gasteiger partial charge in [0, 0.05) is 11.3 Å². The van der Waals surface area contributed by atoms with Crippen molar-refractivity contribution in [3.8, 4) is 22.8 Å². The molecule has 132 valence electrons. The van der Waals surface area contributed by atoms with Crippen LogP contribution in [0.2, 0.25) is 0 Å². The number of carboxylic acids is 1. The first-order chi connectivity index (χ1) is 12.0. The Hall–Kier alpha value is -2.54. The van der Waals surface area contributed by atoms with Crippen LogP contribution in [-0.2, 0) is 12.8 Å². The average molecular weight is 360 g/mol. The highest BCUT2D eigenvalue weighted by molar-refractivity contribution is 7.19. The SMILES string of the molecule is CCc1c(-c2ccc(OC)c(OC)c2)nc2sc(C(=O)O)c(CC)n12. The molecule has 7 heteroatoms. The van der Waals surface area contributed by atoms with Crippen molar-refractivity contribution >= 4 is 22.3 Å². The number of nitrogens with zero attached hydrogens (tertiary/aromatic N) is 2. The van der Waals surface area contributed by atoms with E-state index < -0.39 is 5.97 Å². The Bertz CT molecular complexity index is 942. The summed E-state index contributed by atoms with van der Waals surface area (Å²) in [6.45, 7) is 4.01. The van der Waals surface area contributed by atoms with E-state index in [2.05, 4.69) is 0 Å². The molecular formula is C18H20N2O4S. The van der Waals surface area contributed by atoms with Gasteiger partial charge in [-0.05, 0) is 31.0 Å². The molecule has 0 saturated carbocycles. The Kier molecular flexibility index (Phi) is 4.67. The Labute approximate surface area is 149 Å². The lowest BCUT2D eigenvalue weighted by Gasteiger charge is -2.10. The second kappa shape index (κ2) is 6.76. The lowest BCUT2D eigenvalue weighted by atomic mass is 10.1. The Morgan fingerprint density at radius 2 is 1.84 bits per heavy atom.